The number of amides is 1. The van der Waals surface area contributed by atoms with E-state index in [0.717, 1.165) is 11.4 Å². The lowest BCUT2D eigenvalue weighted by Gasteiger charge is -2.18. The summed E-state index contributed by atoms with van der Waals surface area (Å²) >= 11 is 0. The molecule has 0 aliphatic heterocycles. The Morgan fingerprint density at radius 3 is 2.53 bits per heavy atom. The summed E-state index contributed by atoms with van der Waals surface area (Å²) in [4.78, 5) is 11.6. The van der Waals surface area contributed by atoms with Gasteiger partial charge in [-0.25, -0.2) is 0 Å². The van der Waals surface area contributed by atoms with Crippen LogP contribution in [0.5, 0.6) is 11.5 Å². The molecule has 0 fully saturated rings. The average Bonchev–Trinajstić information content (AvgIpc) is 2.41. The molecule has 1 aromatic carbocycles. The number of ether oxygens (including phenoxy) is 2. The van der Waals surface area contributed by atoms with Gasteiger partial charge in [0, 0.05) is 13.1 Å². The van der Waals surface area contributed by atoms with Crippen molar-refractivity contribution in [2.24, 2.45) is 0 Å². The number of carbonyl (C=O) groups excluding carboxylic acids is 1. The molecule has 0 saturated heterocycles. The third-order valence-corrected chi connectivity index (χ3v) is 2.57. The molecule has 5 heteroatoms. The van der Waals surface area contributed by atoms with Crippen molar-refractivity contribution in [3.05, 3.63) is 18.2 Å². The lowest BCUT2D eigenvalue weighted by molar-refractivity contribution is -0.121. The number of anilines is 1. The molecule has 0 aliphatic carbocycles. The van der Waals surface area contributed by atoms with Gasteiger partial charge in [0.05, 0.1) is 18.9 Å². The van der Waals surface area contributed by atoms with E-state index in [0.29, 0.717) is 19.0 Å². The highest BCUT2D eigenvalue weighted by atomic mass is 16.5. The number of carbonyl (C=O) groups is 1. The topological polar surface area (TPSA) is 59.6 Å². The van der Waals surface area contributed by atoms with Crippen LogP contribution in [0.15, 0.2) is 18.2 Å². The van der Waals surface area contributed by atoms with Gasteiger partial charge in [-0.3, -0.25) is 4.79 Å². The first kappa shape index (κ1) is 15.1. The first-order valence-corrected chi connectivity index (χ1v) is 6.50. The summed E-state index contributed by atoms with van der Waals surface area (Å²) in [5, 5.41) is 5.73. The first-order valence-electron chi connectivity index (χ1n) is 6.50. The van der Waals surface area contributed by atoms with Crippen LogP contribution >= 0.6 is 0 Å². The van der Waals surface area contributed by atoms with Crippen LogP contribution in [-0.2, 0) is 4.79 Å². The predicted molar refractivity (Wildman–Crippen MR) is 75.9 cm³/mol. The maximum atomic E-state index is 11.6. The zero-order chi connectivity index (χ0) is 14.3. The fourth-order valence-electron chi connectivity index (χ4n) is 1.68. The largest absolute Gasteiger partial charge is 0.494 e. The maximum absolute atomic E-state index is 11.6. The Balaban J connectivity index is 2.92. The Kier molecular flexibility index (Phi) is 5.99. The minimum Gasteiger partial charge on any atom is -0.494 e. The van der Waals surface area contributed by atoms with Crippen LogP contribution in [0.25, 0.3) is 0 Å². The van der Waals surface area contributed by atoms with E-state index in [1.807, 2.05) is 32.0 Å². The maximum Gasteiger partial charge on any atom is 0.241 e. The zero-order valence-electron chi connectivity index (χ0n) is 11.9. The van der Waals surface area contributed by atoms with Gasteiger partial charge in [-0.15, -0.1) is 0 Å². The zero-order valence-corrected chi connectivity index (χ0v) is 11.9. The Labute approximate surface area is 114 Å². The van der Waals surface area contributed by atoms with Gasteiger partial charge in [0.25, 0.3) is 0 Å². The second-order valence-electron chi connectivity index (χ2n) is 4.00. The Morgan fingerprint density at radius 2 is 1.95 bits per heavy atom. The first-order chi connectivity index (χ1) is 9.12. The molecule has 5 nitrogen and oxygen atoms in total. The van der Waals surface area contributed by atoms with E-state index in [-0.39, 0.29) is 11.9 Å². The van der Waals surface area contributed by atoms with Crippen molar-refractivity contribution in [3.63, 3.8) is 0 Å². The molecule has 1 atom stereocenters. The lowest BCUT2D eigenvalue weighted by atomic mass is 10.2. The van der Waals surface area contributed by atoms with Crippen LogP contribution < -0.4 is 20.1 Å². The van der Waals surface area contributed by atoms with Gasteiger partial charge in [-0.2, -0.15) is 0 Å². The van der Waals surface area contributed by atoms with Crippen LogP contribution in [0.4, 0.5) is 5.69 Å². The molecule has 0 bridgehead atoms. The average molecular weight is 266 g/mol. The molecule has 19 heavy (non-hydrogen) atoms. The van der Waals surface area contributed by atoms with Gasteiger partial charge in [-0.1, -0.05) is 0 Å². The lowest BCUT2D eigenvalue weighted by Crippen LogP contribution is -2.35. The number of rotatable bonds is 7. The molecule has 1 rings (SSSR count). The number of hydrogen-bond acceptors (Lipinski definition) is 4. The number of nitrogens with one attached hydrogen (secondary N) is 2. The molecular weight excluding hydrogens is 244 g/mol. The number of likely N-dealkylation sites (N-methyl/N-ethyl adjacent to an activating group) is 1. The van der Waals surface area contributed by atoms with Crippen LogP contribution in [0.1, 0.15) is 20.8 Å². The second-order valence-corrected chi connectivity index (χ2v) is 4.00. The second kappa shape index (κ2) is 7.51. The van der Waals surface area contributed by atoms with Gasteiger partial charge < -0.3 is 20.1 Å². The van der Waals surface area contributed by atoms with Gasteiger partial charge in [-0.05, 0) is 32.9 Å². The van der Waals surface area contributed by atoms with Crippen molar-refractivity contribution >= 4 is 11.6 Å². The highest BCUT2D eigenvalue weighted by Crippen LogP contribution is 2.30. The normalized spacial score (nSPS) is 11.6. The molecule has 1 unspecified atom stereocenters. The van der Waals surface area contributed by atoms with E-state index in [4.69, 9.17) is 9.47 Å². The van der Waals surface area contributed by atoms with Crippen molar-refractivity contribution in [2.75, 3.05) is 25.6 Å². The van der Waals surface area contributed by atoms with Crippen molar-refractivity contribution in [1.29, 1.82) is 0 Å². The van der Waals surface area contributed by atoms with Gasteiger partial charge in [0.2, 0.25) is 5.91 Å². The summed E-state index contributed by atoms with van der Waals surface area (Å²) in [6, 6.07) is 5.19. The SMILES string of the molecule is CCOc1ccc(OCC)c(NC(C)C(=O)NC)c1. The Hall–Kier alpha value is -1.91. The van der Waals surface area contributed by atoms with Crippen LogP contribution in [0.3, 0.4) is 0 Å². The van der Waals surface area contributed by atoms with Crippen LogP contribution in [0, 0.1) is 0 Å². The molecule has 0 heterocycles. The quantitative estimate of drug-likeness (QED) is 0.793. The third-order valence-electron chi connectivity index (χ3n) is 2.57. The fourth-order valence-corrected chi connectivity index (χ4v) is 1.68. The summed E-state index contributed by atoms with van der Waals surface area (Å²) in [6.45, 7) is 6.80. The third kappa shape index (κ3) is 4.35. The number of benzene rings is 1. The Bertz CT molecular complexity index is 421. The van der Waals surface area contributed by atoms with E-state index in [2.05, 4.69) is 10.6 Å². The molecule has 0 spiro atoms. The standard InChI is InChI=1S/C14H22N2O3/c1-5-18-11-7-8-13(19-6-2)12(9-11)16-10(3)14(17)15-4/h7-10,16H,5-6H2,1-4H3,(H,15,17). The predicted octanol–water partition coefficient (Wildman–Crippen LogP) is 2.03. The van der Waals surface area contributed by atoms with Gasteiger partial charge in [0.15, 0.2) is 0 Å². The van der Waals surface area contributed by atoms with E-state index < -0.39 is 0 Å². The van der Waals surface area contributed by atoms with Crippen molar-refractivity contribution in [3.8, 4) is 11.5 Å². The van der Waals surface area contributed by atoms with E-state index in [1.165, 1.54) is 0 Å². The van der Waals surface area contributed by atoms with E-state index >= 15 is 0 Å². The van der Waals surface area contributed by atoms with E-state index in [9.17, 15) is 4.79 Å². The fraction of sp³-hybridized carbons (Fsp3) is 0.500. The molecule has 106 valence electrons. The highest BCUT2D eigenvalue weighted by molar-refractivity contribution is 5.84. The van der Waals surface area contributed by atoms with Crippen molar-refractivity contribution in [2.45, 2.75) is 26.8 Å². The minimum atomic E-state index is -0.346. The summed E-state index contributed by atoms with van der Waals surface area (Å²) in [7, 11) is 1.61. The van der Waals surface area contributed by atoms with Crippen LogP contribution in [-0.4, -0.2) is 32.2 Å². The summed E-state index contributed by atoms with van der Waals surface area (Å²) in [6.07, 6.45) is 0. The summed E-state index contributed by atoms with van der Waals surface area (Å²) in [5.41, 5.74) is 0.754. The summed E-state index contributed by atoms with van der Waals surface area (Å²) < 4.78 is 11.0. The molecule has 0 radical (unpaired) electrons. The van der Waals surface area contributed by atoms with Crippen molar-refractivity contribution < 1.29 is 14.3 Å². The van der Waals surface area contributed by atoms with E-state index in [1.54, 1.807) is 14.0 Å². The molecule has 0 aromatic heterocycles. The smallest absolute Gasteiger partial charge is 0.241 e. The number of hydrogen-bond donors (Lipinski definition) is 2. The van der Waals surface area contributed by atoms with Gasteiger partial charge in [0.1, 0.15) is 17.5 Å². The molecule has 0 aliphatic rings. The molecule has 1 amide bonds. The minimum absolute atomic E-state index is 0.0794. The summed E-state index contributed by atoms with van der Waals surface area (Å²) in [5.74, 6) is 1.38. The molecule has 2 N–H and O–H groups in total. The van der Waals surface area contributed by atoms with Gasteiger partial charge >= 0.3 is 0 Å². The Morgan fingerprint density at radius 1 is 1.26 bits per heavy atom. The molecule has 1 aromatic rings. The van der Waals surface area contributed by atoms with Crippen LogP contribution in [0.2, 0.25) is 0 Å². The molecule has 0 saturated carbocycles. The molecular formula is C14H22N2O3. The van der Waals surface area contributed by atoms with Crippen molar-refractivity contribution in [1.82, 2.24) is 5.32 Å². The monoisotopic (exact) mass is 266 g/mol. The highest BCUT2D eigenvalue weighted by Gasteiger charge is 2.14.